The number of nitrogen functional groups attached to an aromatic ring is 1. The van der Waals surface area contributed by atoms with Gasteiger partial charge in [0.25, 0.3) is 0 Å². The predicted molar refractivity (Wildman–Crippen MR) is 210 cm³/mol. The number of phosphoric ester groups is 2. The average Bonchev–Trinajstić information content (AvgIpc) is 3.87. The van der Waals surface area contributed by atoms with Gasteiger partial charge in [0.05, 0.1) is 33.8 Å². The van der Waals surface area contributed by atoms with Gasteiger partial charge >= 0.3 is 15.6 Å². The molecule has 3 aliphatic heterocycles. The summed E-state index contributed by atoms with van der Waals surface area (Å²) >= 11 is 0. The number of primary amides is 1. The number of nitrogens with two attached hydrogens (primary N) is 2. The van der Waals surface area contributed by atoms with Gasteiger partial charge in [0.2, 0.25) is 29.0 Å². The summed E-state index contributed by atoms with van der Waals surface area (Å²) in [6.07, 6.45) is -2.53. The highest BCUT2D eigenvalue weighted by atomic mass is 31.3. The van der Waals surface area contributed by atoms with E-state index in [9.17, 15) is 53.7 Å². The first-order valence-corrected chi connectivity index (χ1v) is 21.4. The summed E-state index contributed by atoms with van der Waals surface area (Å²) < 4.78 is 60.8. The zero-order valence-electron chi connectivity index (χ0n) is 33.8. The fraction of sp³-hybridized carbons (Fsp3) is 0.486. The number of aliphatic hydroxyl groups excluding tert-OH is 4. The number of aliphatic hydroxyl groups is 4. The summed E-state index contributed by atoms with van der Waals surface area (Å²) in [7, 11) is -8.01. The number of aromatic nitrogens is 4. The van der Waals surface area contributed by atoms with Crippen molar-refractivity contribution in [1.82, 2.24) is 24.4 Å². The molecule has 2 aromatic rings. The molecule has 1 aliphatic carbocycles. The van der Waals surface area contributed by atoms with E-state index < -0.39 is 83.8 Å². The molecular weight excluding hydrogens is 868 g/mol. The smallest absolute Gasteiger partial charge is 0.481 e. The summed E-state index contributed by atoms with van der Waals surface area (Å²) in [6, 6.07) is 0. The monoisotopic (exact) mass is 915 g/mol. The third kappa shape index (κ3) is 10.7. The van der Waals surface area contributed by atoms with Gasteiger partial charge in [-0.15, -0.1) is 0 Å². The topological polar surface area (TPSA) is 370 Å². The SMILES string of the molecule is COC1=C(OC)C(=O)C(CC=C(C)C)=C(C)C1=O.NC(=O)C1=CN([C@@H]2O[C@H](COP(=O)(O)OP(=O)(O)OC[C@H]3O[C@@H](n4cnc5c(N)ncnc54)[C@H](O)[C@@H]3O)[C@@H](O)[C@H]2O)C=CC1. The molecule has 0 saturated carbocycles. The van der Waals surface area contributed by atoms with Crippen LogP contribution in [0.4, 0.5) is 5.82 Å². The zero-order valence-corrected chi connectivity index (χ0v) is 35.6. The number of ketones is 2. The maximum Gasteiger partial charge on any atom is 0.481 e. The van der Waals surface area contributed by atoms with Crippen molar-refractivity contribution in [2.24, 2.45) is 5.73 Å². The molecule has 62 heavy (non-hydrogen) atoms. The molecule has 1 amide bonds. The Hall–Kier alpha value is -4.72. The highest BCUT2D eigenvalue weighted by Crippen LogP contribution is 2.60. The van der Waals surface area contributed by atoms with Gasteiger partial charge in [-0.1, -0.05) is 17.7 Å². The number of allylic oxidation sites excluding steroid dienone is 5. The van der Waals surface area contributed by atoms with Crippen LogP contribution >= 0.6 is 15.6 Å². The van der Waals surface area contributed by atoms with E-state index in [0.29, 0.717) is 17.6 Å². The largest absolute Gasteiger partial charge is 0.489 e. The lowest BCUT2D eigenvalue weighted by molar-refractivity contribution is -0.121. The van der Waals surface area contributed by atoms with E-state index in [0.717, 1.165) is 11.9 Å². The van der Waals surface area contributed by atoms with Crippen molar-refractivity contribution in [1.29, 1.82) is 0 Å². The Balaban J connectivity index is 0.000000338. The van der Waals surface area contributed by atoms with Gasteiger partial charge in [-0.05, 0) is 33.6 Å². The molecule has 10 atom stereocenters. The minimum absolute atomic E-state index is 0.00902. The molecule has 340 valence electrons. The fourth-order valence-electron chi connectivity index (χ4n) is 6.42. The number of fused-ring (bicyclic) bond motifs is 1. The Kier molecular flexibility index (Phi) is 15.4. The van der Waals surface area contributed by atoms with Gasteiger partial charge < -0.3 is 65.5 Å². The van der Waals surface area contributed by atoms with Crippen LogP contribution in [0.15, 0.2) is 71.0 Å². The van der Waals surface area contributed by atoms with Gasteiger partial charge in [0.15, 0.2) is 23.9 Å². The van der Waals surface area contributed by atoms with E-state index in [2.05, 4.69) is 19.3 Å². The van der Waals surface area contributed by atoms with E-state index in [1.54, 1.807) is 13.0 Å². The molecule has 6 rings (SSSR count). The lowest BCUT2D eigenvalue weighted by atomic mass is 9.90. The van der Waals surface area contributed by atoms with Gasteiger partial charge in [-0.2, -0.15) is 4.31 Å². The number of Topliss-reactive ketones (excluding diaryl/α,β-unsaturated/α-hetero) is 2. The summed E-state index contributed by atoms with van der Waals surface area (Å²) in [5.74, 6) is -1.24. The van der Waals surface area contributed by atoms with E-state index in [1.807, 2.05) is 19.9 Å². The number of carbonyl (C=O) groups is 3. The molecule has 5 heterocycles. The number of ether oxygens (including phenoxy) is 4. The Morgan fingerprint density at radius 3 is 2.03 bits per heavy atom. The van der Waals surface area contributed by atoms with Crippen LogP contribution in [0.5, 0.6) is 0 Å². The third-order valence-electron chi connectivity index (χ3n) is 9.69. The maximum atomic E-state index is 12.4. The first-order chi connectivity index (χ1) is 29.1. The second-order valence-corrected chi connectivity index (χ2v) is 17.2. The number of rotatable bonds is 15. The Morgan fingerprint density at radius 2 is 1.47 bits per heavy atom. The molecule has 2 aromatic heterocycles. The van der Waals surface area contributed by atoms with Crippen molar-refractivity contribution < 1.29 is 86.0 Å². The maximum absolute atomic E-state index is 12.4. The summed E-state index contributed by atoms with van der Waals surface area (Å²) in [6.45, 7) is 3.74. The number of hydrogen-bond acceptors (Lipinski definition) is 21. The van der Waals surface area contributed by atoms with Crippen molar-refractivity contribution in [3.63, 3.8) is 0 Å². The quantitative estimate of drug-likeness (QED) is 0.0642. The minimum atomic E-state index is -5.37. The second-order valence-electron chi connectivity index (χ2n) is 14.2. The highest BCUT2D eigenvalue weighted by molar-refractivity contribution is 7.61. The second kappa shape index (κ2) is 19.8. The zero-order chi connectivity index (χ0) is 45.8. The minimum Gasteiger partial charge on any atom is -0.489 e. The molecule has 0 spiro atoms. The number of carbonyl (C=O) groups excluding carboxylic acids is 3. The van der Waals surface area contributed by atoms with Crippen molar-refractivity contribution >= 4 is 50.1 Å². The van der Waals surface area contributed by atoms with E-state index in [-0.39, 0.29) is 52.1 Å². The molecule has 27 heteroatoms. The lowest BCUT2D eigenvalue weighted by Crippen LogP contribution is -2.40. The van der Waals surface area contributed by atoms with Crippen LogP contribution in [-0.2, 0) is 55.8 Å². The van der Waals surface area contributed by atoms with E-state index in [1.165, 1.54) is 42.4 Å². The number of imidazole rings is 1. The molecule has 0 aromatic carbocycles. The van der Waals surface area contributed by atoms with Crippen molar-refractivity contribution in [2.75, 3.05) is 33.2 Å². The fourth-order valence-corrected chi connectivity index (χ4v) is 8.51. The summed E-state index contributed by atoms with van der Waals surface area (Å²) in [5.41, 5.74) is 13.6. The van der Waals surface area contributed by atoms with Crippen molar-refractivity contribution in [3.8, 4) is 0 Å². The normalized spacial score (nSPS) is 28.3. The Bertz CT molecular complexity index is 2310. The number of methoxy groups -OCH3 is 2. The first kappa shape index (κ1) is 48.3. The van der Waals surface area contributed by atoms with Crippen LogP contribution in [0.1, 0.15) is 39.8 Å². The molecule has 0 bridgehead atoms. The number of nitrogens with zero attached hydrogens (tertiary/aromatic N) is 5. The van der Waals surface area contributed by atoms with Gasteiger partial charge in [-0.25, -0.2) is 24.1 Å². The van der Waals surface area contributed by atoms with Crippen LogP contribution in [0.25, 0.3) is 11.2 Å². The standard InChI is InChI=1S/C21H29N7O14P2.C14H18O4/c22-17-12-19(25-7-24-17)28(8-26-12)21-16(32)14(30)11(41-21)6-39-44(36,37)42-43(34,35)38-5-10-13(29)15(31)20(40-10)27-3-1-2-9(4-27)18(23)33;1-8(2)6-7-10-9(3)11(15)13(17-4)14(18-5)12(10)16/h1,3-4,7-8,10-11,13-16,20-21,29-32H,2,5-6H2,(H2,23,33)(H,34,35)(H,36,37)(H2,22,24,25);6H,7H2,1-5H3/t10-,11-,13-,14-,15-,16-,20-,21-;/m1./s1. The Labute approximate surface area is 352 Å². The van der Waals surface area contributed by atoms with Crippen LogP contribution < -0.4 is 11.5 Å². The van der Waals surface area contributed by atoms with Gasteiger partial charge in [0.1, 0.15) is 48.5 Å². The molecule has 2 fully saturated rings. The number of anilines is 1. The lowest BCUT2D eigenvalue weighted by Gasteiger charge is -2.28. The Morgan fingerprint density at radius 1 is 0.903 bits per heavy atom. The first-order valence-electron chi connectivity index (χ1n) is 18.4. The van der Waals surface area contributed by atoms with Gasteiger partial charge in [-0.3, -0.25) is 28.0 Å². The molecular formula is C35H47N7O18P2. The van der Waals surface area contributed by atoms with Crippen molar-refractivity contribution in [3.05, 3.63) is 71.0 Å². The van der Waals surface area contributed by atoms with Crippen LogP contribution in [0.3, 0.4) is 0 Å². The van der Waals surface area contributed by atoms with Crippen LogP contribution in [-0.4, -0.2) is 142 Å². The number of phosphoric acid groups is 2. The molecule has 25 nitrogen and oxygen atoms in total. The summed E-state index contributed by atoms with van der Waals surface area (Å²) in [4.78, 5) is 68.8. The van der Waals surface area contributed by atoms with Gasteiger partial charge in [0, 0.05) is 29.1 Å². The van der Waals surface area contributed by atoms with Crippen LogP contribution in [0.2, 0.25) is 0 Å². The number of amides is 1. The highest BCUT2D eigenvalue weighted by Gasteiger charge is 2.48. The molecule has 4 aliphatic rings. The molecule has 2 saturated heterocycles. The van der Waals surface area contributed by atoms with E-state index >= 15 is 0 Å². The van der Waals surface area contributed by atoms with E-state index in [4.69, 9.17) is 39.5 Å². The number of hydrogen-bond donors (Lipinski definition) is 8. The molecule has 0 radical (unpaired) electrons. The summed E-state index contributed by atoms with van der Waals surface area (Å²) in [5, 5.41) is 41.6. The predicted octanol–water partition coefficient (Wildman–Crippen LogP) is -0.371. The molecule has 10 N–H and O–H groups in total. The third-order valence-corrected chi connectivity index (χ3v) is 12.3. The van der Waals surface area contributed by atoms with Crippen molar-refractivity contribution in [2.45, 2.75) is 82.7 Å². The average molecular weight is 916 g/mol. The van der Waals surface area contributed by atoms with Crippen LogP contribution in [0, 0.1) is 0 Å². The molecule has 2 unspecified atom stereocenters.